The van der Waals surface area contributed by atoms with Gasteiger partial charge in [-0.1, -0.05) is 0 Å². The fourth-order valence-electron chi connectivity index (χ4n) is 2.45. The fraction of sp³-hybridized carbons (Fsp3) is 0.500. The van der Waals surface area contributed by atoms with Gasteiger partial charge in [-0.25, -0.2) is 4.79 Å². The molecule has 1 aliphatic heterocycles. The third kappa shape index (κ3) is 3.38. The number of aromatic carboxylic acids is 1. The molecular weight excluding hydrogens is 242 g/mol. The summed E-state index contributed by atoms with van der Waals surface area (Å²) in [6, 6.07) is 4.90. The van der Waals surface area contributed by atoms with Crippen LogP contribution in [0.3, 0.4) is 0 Å². The van der Waals surface area contributed by atoms with Gasteiger partial charge in [-0.2, -0.15) is 0 Å². The minimum Gasteiger partial charge on any atom is -0.478 e. The average molecular weight is 263 g/mol. The zero-order valence-electron chi connectivity index (χ0n) is 11.3. The standard InChI is InChI=1S/C14H21N3O2/c1-16(8-9-17-6-2-3-7-17)13-5-4-11(14(18)19)10-12(13)15/h4-5,10H,2-3,6-9,15H2,1H3,(H,18,19). The van der Waals surface area contributed by atoms with E-state index < -0.39 is 5.97 Å². The Bertz CT molecular complexity index is 456. The van der Waals surface area contributed by atoms with Gasteiger partial charge in [-0.05, 0) is 44.1 Å². The molecule has 5 heteroatoms. The van der Waals surface area contributed by atoms with Gasteiger partial charge in [0, 0.05) is 20.1 Å². The van der Waals surface area contributed by atoms with Crippen LogP contribution in [0.1, 0.15) is 23.2 Å². The molecule has 1 aromatic carbocycles. The van der Waals surface area contributed by atoms with Gasteiger partial charge < -0.3 is 20.6 Å². The van der Waals surface area contributed by atoms with Crippen molar-refractivity contribution in [2.24, 2.45) is 0 Å². The average Bonchev–Trinajstić information content (AvgIpc) is 2.88. The van der Waals surface area contributed by atoms with Crippen molar-refractivity contribution in [3.05, 3.63) is 23.8 Å². The minimum absolute atomic E-state index is 0.231. The Morgan fingerprint density at radius 1 is 1.42 bits per heavy atom. The summed E-state index contributed by atoms with van der Waals surface area (Å²) in [4.78, 5) is 15.4. The summed E-state index contributed by atoms with van der Waals surface area (Å²) >= 11 is 0. The molecule has 0 atom stereocenters. The van der Waals surface area contributed by atoms with E-state index in [-0.39, 0.29) is 5.56 Å². The summed E-state index contributed by atoms with van der Waals surface area (Å²) in [6.45, 7) is 4.29. The summed E-state index contributed by atoms with van der Waals surface area (Å²) < 4.78 is 0. The Hall–Kier alpha value is -1.75. The number of likely N-dealkylation sites (N-methyl/N-ethyl adjacent to an activating group) is 1. The lowest BCUT2D eigenvalue weighted by atomic mass is 10.1. The number of carbonyl (C=O) groups is 1. The summed E-state index contributed by atoms with van der Waals surface area (Å²) in [5.74, 6) is -0.946. The highest BCUT2D eigenvalue weighted by Gasteiger charge is 2.13. The van der Waals surface area contributed by atoms with Crippen molar-refractivity contribution in [3.8, 4) is 0 Å². The van der Waals surface area contributed by atoms with Crippen LogP contribution in [0.25, 0.3) is 0 Å². The van der Waals surface area contributed by atoms with Crippen molar-refractivity contribution in [3.63, 3.8) is 0 Å². The number of likely N-dealkylation sites (tertiary alicyclic amines) is 1. The molecule has 1 saturated heterocycles. The van der Waals surface area contributed by atoms with Crippen molar-refractivity contribution in [2.75, 3.05) is 43.9 Å². The minimum atomic E-state index is -0.946. The zero-order chi connectivity index (χ0) is 13.8. The molecule has 0 spiro atoms. The van der Waals surface area contributed by atoms with Gasteiger partial charge in [0.25, 0.3) is 0 Å². The van der Waals surface area contributed by atoms with Gasteiger partial charge >= 0.3 is 5.97 Å². The van der Waals surface area contributed by atoms with E-state index in [1.165, 1.54) is 32.0 Å². The molecule has 3 N–H and O–H groups in total. The molecule has 1 fully saturated rings. The highest BCUT2D eigenvalue weighted by Crippen LogP contribution is 2.23. The monoisotopic (exact) mass is 263 g/mol. The quantitative estimate of drug-likeness (QED) is 0.788. The number of carboxylic acid groups (broad SMARTS) is 1. The molecule has 2 rings (SSSR count). The second kappa shape index (κ2) is 5.93. The largest absolute Gasteiger partial charge is 0.478 e. The molecule has 1 aromatic rings. The second-order valence-corrected chi connectivity index (χ2v) is 5.05. The number of nitrogen functional groups attached to an aromatic ring is 1. The Labute approximate surface area is 113 Å². The number of nitrogens with zero attached hydrogens (tertiary/aromatic N) is 2. The third-order valence-corrected chi connectivity index (χ3v) is 3.64. The molecule has 0 bridgehead atoms. The molecule has 1 aliphatic rings. The van der Waals surface area contributed by atoms with Crippen LogP contribution < -0.4 is 10.6 Å². The van der Waals surface area contributed by atoms with Crippen molar-refractivity contribution >= 4 is 17.3 Å². The molecule has 1 heterocycles. The normalized spacial score (nSPS) is 15.6. The second-order valence-electron chi connectivity index (χ2n) is 5.05. The first kappa shape index (κ1) is 13.7. The molecule has 5 nitrogen and oxygen atoms in total. The number of carboxylic acids is 1. The number of anilines is 2. The molecular formula is C14H21N3O2. The highest BCUT2D eigenvalue weighted by atomic mass is 16.4. The lowest BCUT2D eigenvalue weighted by molar-refractivity contribution is 0.0697. The van der Waals surface area contributed by atoms with Crippen LogP contribution in [0.2, 0.25) is 0 Å². The van der Waals surface area contributed by atoms with E-state index in [2.05, 4.69) is 9.80 Å². The van der Waals surface area contributed by atoms with Crippen molar-refractivity contribution in [2.45, 2.75) is 12.8 Å². The molecule has 0 aliphatic carbocycles. The van der Waals surface area contributed by atoms with Crippen molar-refractivity contribution in [1.82, 2.24) is 4.90 Å². The van der Waals surface area contributed by atoms with Crippen LogP contribution >= 0.6 is 0 Å². The Kier molecular flexibility index (Phi) is 4.27. The van der Waals surface area contributed by atoms with Crippen LogP contribution in [-0.4, -0.2) is 49.2 Å². The van der Waals surface area contributed by atoms with Crippen LogP contribution in [0.5, 0.6) is 0 Å². The molecule has 0 amide bonds. The van der Waals surface area contributed by atoms with Gasteiger partial charge in [0.15, 0.2) is 0 Å². The molecule has 19 heavy (non-hydrogen) atoms. The fourth-order valence-corrected chi connectivity index (χ4v) is 2.45. The summed E-state index contributed by atoms with van der Waals surface area (Å²) in [6.07, 6.45) is 2.58. The zero-order valence-corrected chi connectivity index (χ0v) is 11.3. The molecule has 0 aromatic heterocycles. The van der Waals surface area contributed by atoms with Crippen LogP contribution in [-0.2, 0) is 0 Å². The van der Waals surface area contributed by atoms with Crippen LogP contribution in [0.4, 0.5) is 11.4 Å². The maximum Gasteiger partial charge on any atom is 0.335 e. The van der Waals surface area contributed by atoms with E-state index in [1.807, 2.05) is 7.05 Å². The van der Waals surface area contributed by atoms with E-state index in [9.17, 15) is 4.79 Å². The molecule has 0 saturated carbocycles. The number of nitrogens with two attached hydrogens (primary N) is 1. The van der Waals surface area contributed by atoms with Gasteiger partial charge in [-0.3, -0.25) is 0 Å². The maximum atomic E-state index is 10.9. The first-order valence-electron chi connectivity index (χ1n) is 6.64. The Balaban J connectivity index is 1.98. The van der Waals surface area contributed by atoms with E-state index in [0.29, 0.717) is 5.69 Å². The first-order chi connectivity index (χ1) is 9.08. The topological polar surface area (TPSA) is 69.8 Å². The van der Waals surface area contributed by atoms with Crippen molar-refractivity contribution < 1.29 is 9.90 Å². The van der Waals surface area contributed by atoms with Gasteiger partial charge in [0.05, 0.1) is 16.9 Å². The summed E-state index contributed by atoms with van der Waals surface area (Å²) in [7, 11) is 1.99. The number of hydrogen-bond donors (Lipinski definition) is 2. The van der Waals surface area contributed by atoms with E-state index in [1.54, 1.807) is 12.1 Å². The summed E-state index contributed by atoms with van der Waals surface area (Å²) in [5.41, 5.74) is 7.57. The van der Waals surface area contributed by atoms with E-state index >= 15 is 0 Å². The van der Waals surface area contributed by atoms with Crippen molar-refractivity contribution in [1.29, 1.82) is 0 Å². The third-order valence-electron chi connectivity index (χ3n) is 3.64. The number of rotatable bonds is 5. The molecule has 0 unspecified atom stereocenters. The van der Waals surface area contributed by atoms with E-state index in [4.69, 9.17) is 10.8 Å². The smallest absolute Gasteiger partial charge is 0.335 e. The number of benzene rings is 1. The summed E-state index contributed by atoms with van der Waals surface area (Å²) in [5, 5.41) is 8.91. The lowest BCUT2D eigenvalue weighted by Crippen LogP contribution is -2.31. The van der Waals surface area contributed by atoms with Gasteiger partial charge in [-0.15, -0.1) is 0 Å². The molecule has 104 valence electrons. The van der Waals surface area contributed by atoms with Crippen LogP contribution in [0, 0.1) is 0 Å². The first-order valence-corrected chi connectivity index (χ1v) is 6.64. The number of hydrogen-bond acceptors (Lipinski definition) is 4. The molecule has 0 radical (unpaired) electrons. The maximum absolute atomic E-state index is 10.9. The lowest BCUT2D eigenvalue weighted by Gasteiger charge is -2.24. The predicted octanol–water partition coefficient (Wildman–Crippen LogP) is 1.50. The Morgan fingerprint density at radius 3 is 2.68 bits per heavy atom. The predicted molar refractivity (Wildman–Crippen MR) is 76.8 cm³/mol. The Morgan fingerprint density at radius 2 is 2.11 bits per heavy atom. The van der Waals surface area contributed by atoms with Gasteiger partial charge in [0.1, 0.15) is 0 Å². The van der Waals surface area contributed by atoms with Crippen LogP contribution in [0.15, 0.2) is 18.2 Å². The SMILES string of the molecule is CN(CCN1CCCC1)c1ccc(C(=O)O)cc1N. The van der Waals surface area contributed by atoms with Gasteiger partial charge in [0.2, 0.25) is 0 Å². The van der Waals surface area contributed by atoms with E-state index in [0.717, 1.165) is 18.8 Å². The highest BCUT2D eigenvalue weighted by molar-refractivity contribution is 5.90.